The van der Waals surface area contributed by atoms with Crippen molar-refractivity contribution in [1.82, 2.24) is 9.88 Å². The molecule has 1 spiro atoms. The Morgan fingerprint density at radius 3 is 2.85 bits per heavy atom. The molecule has 4 heterocycles. The van der Waals surface area contributed by atoms with Gasteiger partial charge in [0.25, 0.3) is 0 Å². The van der Waals surface area contributed by atoms with Crippen molar-refractivity contribution >= 4 is 16.9 Å². The number of rotatable bonds is 3. The Hall–Kier alpha value is -2.79. The van der Waals surface area contributed by atoms with Crippen molar-refractivity contribution in [3.63, 3.8) is 0 Å². The minimum atomic E-state index is -0.267. The van der Waals surface area contributed by atoms with E-state index in [4.69, 9.17) is 9.47 Å². The number of esters is 1. The third-order valence-corrected chi connectivity index (χ3v) is 8.02. The van der Waals surface area contributed by atoms with Crippen LogP contribution in [-0.2, 0) is 17.8 Å². The molecule has 2 unspecified atom stereocenters. The predicted molar refractivity (Wildman–Crippen MR) is 129 cm³/mol. The number of benzene rings is 2. The summed E-state index contributed by atoms with van der Waals surface area (Å²) in [4.78, 5) is 19.4. The lowest BCUT2D eigenvalue weighted by Crippen LogP contribution is -2.64. The highest BCUT2D eigenvalue weighted by atomic mass is 16.5. The Kier molecular flexibility index (Phi) is 4.98. The molecule has 0 amide bonds. The van der Waals surface area contributed by atoms with E-state index in [9.17, 15) is 4.79 Å². The number of nitrogens with zero attached hydrogens (tertiary/aromatic N) is 1. The first-order valence-electron chi connectivity index (χ1n) is 12.4. The highest BCUT2D eigenvalue weighted by molar-refractivity contribution is 6.08. The standard InChI is InChI=1S/C28H32N2O3/c1-18-15-23-25(24(19(2)29-23)27(31)32-17-20-9-4-3-5-10-20)22-16-21-11-8-14-30-13-7-6-12-28(21,30)33-26(18)22/h3-5,9-10,15,21,29H,6-8,11-14,16-17H2,1-2H3. The van der Waals surface area contributed by atoms with Gasteiger partial charge in [-0.15, -0.1) is 0 Å². The summed E-state index contributed by atoms with van der Waals surface area (Å²) in [6.45, 7) is 6.64. The summed E-state index contributed by atoms with van der Waals surface area (Å²) in [5, 5.41) is 0.994. The fourth-order valence-electron chi connectivity index (χ4n) is 6.52. The van der Waals surface area contributed by atoms with Gasteiger partial charge in [-0.25, -0.2) is 4.79 Å². The van der Waals surface area contributed by atoms with Crippen LogP contribution < -0.4 is 4.74 Å². The van der Waals surface area contributed by atoms with Crippen molar-refractivity contribution in [2.75, 3.05) is 13.1 Å². The lowest BCUT2D eigenvalue weighted by molar-refractivity contribution is -0.177. The lowest BCUT2D eigenvalue weighted by Gasteiger charge is -2.56. The van der Waals surface area contributed by atoms with Gasteiger partial charge in [0.05, 0.1) is 5.56 Å². The first-order valence-corrected chi connectivity index (χ1v) is 12.4. The summed E-state index contributed by atoms with van der Waals surface area (Å²) in [5.74, 6) is 1.19. The molecule has 6 rings (SSSR count). The number of H-pyrrole nitrogens is 1. The molecular formula is C28H32N2O3. The fourth-order valence-corrected chi connectivity index (χ4v) is 6.52. The van der Waals surface area contributed by atoms with Crippen molar-refractivity contribution in [1.29, 1.82) is 0 Å². The predicted octanol–water partition coefficient (Wildman–Crippen LogP) is 5.67. The molecule has 5 heteroatoms. The van der Waals surface area contributed by atoms with Gasteiger partial charge in [-0.05, 0) is 63.1 Å². The van der Waals surface area contributed by atoms with Gasteiger partial charge < -0.3 is 14.5 Å². The number of nitrogens with one attached hydrogen (secondary N) is 1. The van der Waals surface area contributed by atoms with E-state index in [1.54, 1.807) is 0 Å². The Balaban J connectivity index is 1.41. The number of aromatic amines is 1. The second-order valence-corrected chi connectivity index (χ2v) is 10.0. The maximum Gasteiger partial charge on any atom is 0.340 e. The number of fused-ring (bicyclic) bond motifs is 3. The van der Waals surface area contributed by atoms with E-state index < -0.39 is 0 Å². The minimum absolute atomic E-state index is 0.165. The summed E-state index contributed by atoms with van der Waals surface area (Å²) in [5.41, 5.74) is 5.68. The highest BCUT2D eigenvalue weighted by Gasteiger charge is 2.52. The van der Waals surface area contributed by atoms with Crippen LogP contribution in [0.3, 0.4) is 0 Å². The van der Waals surface area contributed by atoms with Crippen LogP contribution in [-0.4, -0.2) is 34.7 Å². The average Bonchev–Trinajstić information content (AvgIpc) is 3.16. The molecule has 2 saturated heterocycles. The molecule has 5 nitrogen and oxygen atoms in total. The van der Waals surface area contributed by atoms with Crippen LogP contribution in [0.2, 0.25) is 0 Å². The number of carbonyl (C=O) groups excluding carboxylic acids is 1. The third-order valence-electron chi connectivity index (χ3n) is 8.02. The zero-order valence-corrected chi connectivity index (χ0v) is 19.6. The van der Waals surface area contributed by atoms with E-state index in [2.05, 4.69) is 22.9 Å². The number of piperidine rings is 2. The van der Waals surface area contributed by atoms with E-state index in [0.717, 1.165) is 59.4 Å². The van der Waals surface area contributed by atoms with Gasteiger partial charge in [-0.2, -0.15) is 0 Å². The van der Waals surface area contributed by atoms with E-state index in [0.29, 0.717) is 11.5 Å². The molecule has 33 heavy (non-hydrogen) atoms. The SMILES string of the molecule is Cc1cc2[nH]c(C)c(C(=O)OCc3ccccc3)c2c2c1OC13CCCCN1CCCC3C2. The molecular weight excluding hydrogens is 412 g/mol. The largest absolute Gasteiger partial charge is 0.472 e. The summed E-state index contributed by atoms with van der Waals surface area (Å²) < 4.78 is 12.8. The molecule has 0 radical (unpaired) electrons. The monoisotopic (exact) mass is 444 g/mol. The van der Waals surface area contributed by atoms with Crippen LogP contribution in [0.5, 0.6) is 5.75 Å². The van der Waals surface area contributed by atoms with Crippen LogP contribution in [0.25, 0.3) is 10.9 Å². The van der Waals surface area contributed by atoms with E-state index in [1.165, 1.54) is 31.2 Å². The molecule has 2 aromatic carbocycles. The first kappa shape index (κ1) is 20.8. The van der Waals surface area contributed by atoms with Crippen molar-refractivity contribution < 1.29 is 14.3 Å². The van der Waals surface area contributed by atoms with Crippen LogP contribution in [0, 0.1) is 19.8 Å². The first-order chi connectivity index (χ1) is 16.1. The van der Waals surface area contributed by atoms with Crippen molar-refractivity contribution in [2.45, 2.75) is 64.7 Å². The maximum atomic E-state index is 13.3. The van der Waals surface area contributed by atoms with Crippen molar-refractivity contribution in [2.24, 2.45) is 5.92 Å². The lowest BCUT2D eigenvalue weighted by atomic mass is 9.74. The van der Waals surface area contributed by atoms with Gasteiger partial charge in [0, 0.05) is 47.6 Å². The normalized spacial score (nSPS) is 24.5. The minimum Gasteiger partial charge on any atom is -0.472 e. The smallest absolute Gasteiger partial charge is 0.340 e. The molecule has 2 fully saturated rings. The second-order valence-electron chi connectivity index (χ2n) is 10.0. The van der Waals surface area contributed by atoms with E-state index >= 15 is 0 Å². The fraction of sp³-hybridized carbons (Fsp3) is 0.464. The molecule has 0 aliphatic carbocycles. The van der Waals surface area contributed by atoms with Gasteiger partial charge in [0.2, 0.25) is 0 Å². The Labute approximate surface area is 195 Å². The molecule has 0 saturated carbocycles. The second kappa shape index (κ2) is 7.91. The number of ether oxygens (including phenoxy) is 2. The zero-order valence-electron chi connectivity index (χ0n) is 19.6. The van der Waals surface area contributed by atoms with Gasteiger partial charge in [0.15, 0.2) is 5.72 Å². The van der Waals surface area contributed by atoms with Crippen molar-refractivity contribution in [3.8, 4) is 5.75 Å². The Morgan fingerprint density at radius 2 is 2.00 bits per heavy atom. The van der Waals surface area contributed by atoms with Gasteiger partial charge in [-0.3, -0.25) is 4.90 Å². The van der Waals surface area contributed by atoms with Crippen LogP contribution in [0.1, 0.15) is 64.8 Å². The van der Waals surface area contributed by atoms with Gasteiger partial charge in [0.1, 0.15) is 12.4 Å². The zero-order chi connectivity index (χ0) is 22.6. The molecule has 0 bridgehead atoms. The quantitative estimate of drug-likeness (QED) is 0.529. The molecule has 1 aromatic heterocycles. The van der Waals surface area contributed by atoms with E-state index in [1.807, 2.05) is 37.3 Å². The molecule has 3 aromatic rings. The summed E-state index contributed by atoms with van der Waals surface area (Å²) in [7, 11) is 0. The van der Waals surface area contributed by atoms with Gasteiger partial charge >= 0.3 is 5.97 Å². The average molecular weight is 445 g/mol. The van der Waals surface area contributed by atoms with E-state index in [-0.39, 0.29) is 18.3 Å². The number of hydrogen-bond donors (Lipinski definition) is 1. The van der Waals surface area contributed by atoms with Crippen molar-refractivity contribution in [3.05, 3.63) is 64.3 Å². The summed E-state index contributed by atoms with van der Waals surface area (Å²) >= 11 is 0. The number of aromatic nitrogens is 1. The highest BCUT2D eigenvalue weighted by Crippen LogP contribution is 2.51. The molecule has 3 aliphatic heterocycles. The number of aryl methyl sites for hydroxylation is 2. The van der Waals surface area contributed by atoms with Gasteiger partial charge in [-0.1, -0.05) is 30.3 Å². The number of hydrogen-bond acceptors (Lipinski definition) is 4. The molecule has 2 atom stereocenters. The van der Waals surface area contributed by atoms with Crippen LogP contribution in [0.15, 0.2) is 36.4 Å². The Bertz CT molecular complexity index is 1210. The van der Waals surface area contributed by atoms with Crippen LogP contribution in [0.4, 0.5) is 0 Å². The Morgan fingerprint density at radius 1 is 1.18 bits per heavy atom. The maximum absolute atomic E-state index is 13.3. The molecule has 3 aliphatic rings. The molecule has 172 valence electrons. The summed E-state index contributed by atoms with van der Waals surface area (Å²) in [6, 6.07) is 12.0. The third kappa shape index (κ3) is 3.28. The number of carbonyl (C=O) groups is 1. The molecule has 1 N–H and O–H groups in total. The summed E-state index contributed by atoms with van der Waals surface area (Å²) in [6.07, 6.45) is 6.95. The topological polar surface area (TPSA) is 54.6 Å². The van der Waals surface area contributed by atoms with Crippen LogP contribution >= 0.6 is 0 Å².